The van der Waals surface area contributed by atoms with Crippen molar-refractivity contribution in [1.29, 1.82) is 0 Å². The Morgan fingerprint density at radius 1 is 1.19 bits per heavy atom. The molecule has 0 bridgehead atoms. The van der Waals surface area contributed by atoms with Gasteiger partial charge in [-0.15, -0.1) is 0 Å². The summed E-state index contributed by atoms with van der Waals surface area (Å²) in [5.41, 5.74) is 1.91. The third-order valence-electron chi connectivity index (χ3n) is 2.89. The number of aryl methyl sites for hydroxylation is 1. The molecule has 0 unspecified atom stereocenters. The van der Waals surface area contributed by atoms with Gasteiger partial charge in [0, 0.05) is 11.9 Å². The second-order valence-corrected chi connectivity index (χ2v) is 4.35. The van der Waals surface area contributed by atoms with Crippen LogP contribution in [0.1, 0.15) is 26.3 Å². The number of carbonyl (C=O) groups is 2. The number of benzene rings is 1. The molecule has 0 aliphatic rings. The van der Waals surface area contributed by atoms with Crippen LogP contribution >= 0.6 is 0 Å². The van der Waals surface area contributed by atoms with Crippen molar-refractivity contribution in [3.8, 4) is 0 Å². The van der Waals surface area contributed by atoms with Gasteiger partial charge in [-0.25, -0.2) is 9.78 Å². The molecule has 1 aromatic heterocycles. The molecule has 0 aliphatic heterocycles. The molecule has 21 heavy (non-hydrogen) atoms. The van der Waals surface area contributed by atoms with Crippen LogP contribution in [0.5, 0.6) is 0 Å². The van der Waals surface area contributed by atoms with E-state index >= 15 is 0 Å². The highest BCUT2D eigenvalue weighted by Crippen LogP contribution is 2.18. The quantitative estimate of drug-likeness (QED) is 0.696. The van der Waals surface area contributed by atoms with Gasteiger partial charge in [0.1, 0.15) is 0 Å². The van der Waals surface area contributed by atoms with Crippen molar-refractivity contribution in [3.63, 3.8) is 0 Å². The number of nitrogens with zero attached hydrogens (tertiary/aromatic N) is 1. The number of anilines is 1. The lowest BCUT2D eigenvalue weighted by atomic mass is 10.1. The van der Waals surface area contributed by atoms with Crippen LogP contribution in [0.3, 0.4) is 0 Å². The number of halogens is 1. The molecule has 108 valence electrons. The van der Waals surface area contributed by atoms with Crippen LogP contribution in [0.25, 0.3) is 0 Å². The van der Waals surface area contributed by atoms with E-state index in [9.17, 15) is 14.0 Å². The topological polar surface area (TPSA) is 68.3 Å². The zero-order chi connectivity index (χ0) is 15.4. The zero-order valence-electron chi connectivity index (χ0n) is 11.5. The van der Waals surface area contributed by atoms with Gasteiger partial charge in [-0.2, -0.15) is 4.39 Å². The molecule has 0 fully saturated rings. The van der Waals surface area contributed by atoms with Crippen molar-refractivity contribution in [2.24, 2.45) is 0 Å². The van der Waals surface area contributed by atoms with Crippen molar-refractivity contribution in [2.45, 2.75) is 6.92 Å². The van der Waals surface area contributed by atoms with E-state index < -0.39 is 17.8 Å². The minimum atomic E-state index is -0.648. The first-order valence-corrected chi connectivity index (χ1v) is 6.13. The largest absolute Gasteiger partial charge is 0.465 e. The molecule has 0 spiro atoms. The summed E-state index contributed by atoms with van der Waals surface area (Å²) in [6.07, 6.45) is 1.16. The van der Waals surface area contributed by atoms with Crippen molar-refractivity contribution in [3.05, 3.63) is 59.2 Å². The molecular formula is C15H13FN2O3. The first-order chi connectivity index (χ1) is 10.0. The van der Waals surface area contributed by atoms with Gasteiger partial charge in [-0.3, -0.25) is 4.79 Å². The number of methoxy groups -OCH3 is 1. The first-order valence-electron chi connectivity index (χ1n) is 6.13. The average Bonchev–Trinajstić information content (AvgIpc) is 2.49. The summed E-state index contributed by atoms with van der Waals surface area (Å²) in [4.78, 5) is 26.8. The Morgan fingerprint density at radius 2 is 1.90 bits per heavy atom. The van der Waals surface area contributed by atoms with Crippen LogP contribution < -0.4 is 5.32 Å². The fourth-order valence-electron chi connectivity index (χ4n) is 1.75. The van der Waals surface area contributed by atoms with E-state index in [0.29, 0.717) is 16.8 Å². The van der Waals surface area contributed by atoms with Gasteiger partial charge in [0.15, 0.2) is 0 Å². The van der Waals surface area contributed by atoms with Crippen LogP contribution in [-0.2, 0) is 4.74 Å². The van der Waals surface area contributed by atoms with Gasteiger partial charge in [-0.05, 0) is 42.8 Å². The number of ether oxygens (including phenoxy) is 1. The van der Waals surface area contributed by atoms with Gasteiger partial charge >= 0.3 is 5.97 Å². The Bertz CT molecular complexity index is 684. The smallest absolute Gasteiger partial charge is 0.337 e. The minimum Gasteiger partial charge on any atom is -0.465 e. The molecule has 6 heteroatoms. The number of carbonyl (C=O) groups excluding carboxylic acids is 2. The lowest BCUT2D eigenvalue weighted by Gasteiger charge is -2.09. The molecule has 5 nitrogen and oxygen atoms in total. The minimum absolute atomic E-state index is 0.243. The lowest BCUT2D eigenvalue weighted by molar-refractivity contribution is 0.0600. The van der Waals surface area contributed by atoms with Crippen molar-refractivity contribution in [2.75, 3.05) is 12.4 Å². The van der Waals surface area contributed by atoms with Crippen LogP contribution in [0.15, 0.2) is 36.5 Å². The maximum atomic E-state index is 12.7. The first kappa shape index (κ1) is 14.6. The maximum absolute atomic E-state index is 12.7. The number of nitrogens with one attached hydrogen (secondary N) is 1. The van der Waals surface area contributed by atoms with Gasteiger partial charge < -0.3 is 10.1 Å². The summed E-state index contributed by atoms with van der Waals surface area (Å²) in [5, 5.41) is 2.68. The predicted octanol–water partition coefficient (Wildman–Crippen LogP) is 2.57. The highest BCUT2D eigenvalue weighted by atomic mass is 19.1. The summed E-state index contributed by atoms with van der Waals surface area (Å²) >= 11 is 0. The van der Waals surface area contributed by atoms with Crippen LogP contribution in [0.2, 0.25) is 0 Å². The van der Waals surface area contributed by atoms with E-state index in [1.54, 1.807) is 25.1 Å². The molecule has 1 amide bonds. The van der Waals surface area contributed by atoms with Gasteiger partial charge in [0.25, 0.3) is 5.91 Å². The van der Waals surface area contributed by atoms with Crippen LogP contribution in [0.4, 0.5) is 10.1 Å². The number of aromatic nitrogens is 1. The van der Waals surface area contributed by atoms with Gasteiger partial charge in [-0.1, -0.05) is 0 Å². The third kappa shape index (κ3) is 3.42. The number of hydrogen-bond acceptors (Lipinski definition) is 4. The molecule has 1 heterocycles. The Morgan fingerprint density at radius 3 is 2.48 bits per heavy atom. The van der Waals surface area contributed by atoms with Crippen LogP contribution in [0, 0.1) is 12.9 Å². The molecule has 0 radical (unpaired) electrons. The molecule has 2 rings (SSSR count). The highest BCUT2D eigenvalue weighted by molar-refractivity contribution is 6.04. The number of esters is 1. The molecule has 0 saturated carbocycles. The SMILES string of the molecule is COC(=O)c1ccc(NC(=O)c2ccc(F)nc2)c(C)c1. The summed E-state index contributed by atoms with van der Waals surface area (Å²) in [6.45, 7) is 1.75. The second kappa shape index (κ2) is 6.13. The van der Waals surface area contributed by atoms with Gasteiger partial charge in [0.05, 0.1) is 18.2 Å². The van der Waals surface area contributed by atoms with E-state index in [1.165, 1.54) is 13.2 Å². The summed E-state index contributed by atoms with van der Waals surface area (Å²) in [5.74, 6) is -1.50. The maximum Gasteiger partial charge on any atom is 0.337 e. The fourth-order valence-corrected chi connectivity index (χ4v) is 1.75. The summed E-state index contributed by atoms with van der Waals surface area (Å²) in [6, 6.07) is 7.23. The number of amides is 1. The number of rotatable bonds is 3. The number of pyridine rings is 1. The average molecular weight is 288 g/mol. The third-order valence-corrected chi connectivity index (χ3v) is 2.89. The van der Waals surface area contributed by atoms with E-state index in [0.717, 1.165) is 12.3 Å². The molecule has 0 aliphatic carbocycles. The van der Waals surface area contributed by atoms with Gasteiger partial charge in [0.2, 0.25) is 5.95 Å². The van der Waals surface area contributed by atoms with E-state index in [4.69, 9.17) is 0 Å². The fraction of sp³-hybridized carbons (Fsp3) is 0.133. The zero-order valence-corrected chi connectivity index (χ0v) is 11.5. The summed E-state index contributed by atoms with van der Waals surface area (Å²) in [7, 11) is 1.30. The standard InChI is InChI=1S/C15H13FN2O3/c1-9-7-10(15(20)21-2)3-5-12(9)18-14(19)11-4-6-13(16)17-8-11/h3-8H,1-2H3,(H,18,19). The van der Waals surface area contributed by atoms with Crippen LogP contribution in [-0.4, -0.2) is 24.0 Å². The normalized spacial score (nSPS) is 10.0. The molecule has 0 saturated heterocycles. The Hall–Kier alpha value is -2.76. The van der Waals surface area contributed by atoms with E-state index in [1.807, 2.05) is 0 Å². The van der Waals surface area contributed by atoms with Crippen molar-refractivity contribution in [1.82, 2.24) is 4.98 Å². The molecule has 0 atom stereocenters. The lowest BCUT2D eigenvalue weighted by Crippen LogP contribution is -2.13. The molecular weight excluding hydrogens is 275 g/mol. The Balaban J connectivity index is 2.18. The molecule has 1 aromatic carbocycles. The Kier molecular flexibility index (Phi) is 4.27. The number of hydrogen-bond donors (Lipinski definition) is 1. The monoisotopic (exact) mass is 288 g/mol. The second-order valence-electron chi connectivity index (χ2n) is 4.35. The van der Waals surface area contributed by atoms with E-state index in [2.05, 4.69) is 15.0 Å². The predicted molar refractivity (Wildman–Crippen MR) is 74.7 cm³/mol. The van der Waals surface area contributed by atoms with Crippen molar-refractivity contribution < 1.29 is 18.7 Å². The Labute approximate surface area is 120 Å². The van der Waals surface area contributed by atoms with E-state index in [-0.39, 0.29) is 5.56 Å². The molecule has 1 N–H and O–H groups in total. The van der Waals surface area contributed by atoms with Crippen molar-refractivity contribution >= 4 is 17.6 Å². The highest BCUT2D eigenvalue weighted by Gasteiger charge is 2.11. The summed E-state index contributed by atoms with van der Waals surface area (Å²) < 4.78 is 17.3. The molecule has 2 aromatic rings.